The summed E-state index contributed by atoms with van der Waals surface area (Å²) in [6, 6.07) is 5.00. The van der Waals surface area contributed by atoms with E-state index in [9.17, 15) is 18.0 Å². The van der Waals surface area contributed by atoms with Gasteiger partial charge in [0.1, 0.15) is 5.75 Å². The molecular weight excluding hydrogens is 365 g/mol. The van der Waals surface area contributed by atoms with Gasteiger partial charge in [0.05, 0.1) is 13.2 Å². The molecule has 0 unspecified atom stereocenters. The zero-order valence-electron chi connectivity index (χ0n) is 15.6. The van der Waals surface area contributed by atoms with Crippen molar-refractivity contribution in [3.05, 3.63) is 29.3 Å². The lowest BCUT2D eigenvalue weighted by Crippen LogP contribution is -2.43. The van der Waals surface area contributed by atoms with Crippen LogP contribution in [0.3, 0.4) is 0 Å². The maximum atomic E-state index is 12.4. The molecule has 1 rings (SSSR count). The van der Waals surface area contributed by atoms with Gasteiger partial charge in [-0.1, -0.05) is 12.1 Å². The highest BCUT2D eigenvalue weighted by molar-refractivity contribution is 5.86. The highest BCUT2D eigenvalue weighted by Gasteiger charge is 2.28. The molecule has 0 heterocycles. The number of halogens is 3. The number of benzene rings is 1. The number of rotatable bonds is 9. The number of guanidine groups is 1. The smallest absolute Gasteiger partial charge is 0.422 e. The van der Waals surface area contributed by atoms with Crippen molar-refractivity contribution >= 4 is 11.9 Å². The molecule has 152 valence electrons. The predicted molar refractivity (Wildman–Crippen MR) is 95.8 cm³/mol. The lowest BCUT2D eigenvalue weighted by molar-refractivity contribution is -0.153. The minimum Gasteiger partial charge on any atom is -0.484 e. The summed E-state index contributed by atoms with van der Waals surface area (Å²) in [5, 5.41) is 8.40. The Morgan fingerprint density at radius 1 is 1.22 bits per heavy atom. The summed E-state index contributed by atoms with van der Waals surface area (Å²) >= 11 is 0. The maximum Gasteiger partial charge on any atom is 0.422 e. The Morgan fingerprint density at radius 3 is 2.59 bits per heavy atom. The second-order valence-corrected chi connectivity index (χ2v) is 5.64. The van der Waals surface area contributed by atoms with Gasteiger partial charge in [-0.15, -0.1) is 0 Å². The Labute approximate surface area is 156 Å². The molecule has 0 bridgehead atoms. The van der Waals surface area contributed by atoms with Crippen LogP contribution in [0.25, 0.3) is 0 Å². The van der Waals surface area contributed by atoms with Gasteiger partial charge in [-0.3, -0.25) is 9.79 Å². The van der Waals surface area contributed by atoms with Crippen LogP contribution >= 0.6 is 0 Å². The molecule has 0 saturated heterocycles. The van der Waals surface area contributed by atoms with E-state index in [1.807, 2.05) is 0 Å². The first-order valence-corrected chi connectivity index (χ1v) is 8.24. The van der Waals surface area contributed by atoms with Gasteiger partial charge in [0.15, 0.2) is 12.6 Å². The van der Waals surface area contributed by atoms with Gasteiger partial charge in [0.25, 0.3) is 0 Å². The first-order chi connectivity index (χ1) is 12.7. The van der Waals surface area contributed by atoms with Crippen molar-refractivity contribution in [1.29, 1.82) is 0 Å². The molecule has 0 radical (unpaired) electrons. The minimum absolute atomic E-state index is 0.00524. The van der Waals surface area contributed by atoms with Crippen molar-refractivity contribution in [3.63, 3.8) is 0 Å². The number of nitrogens with one attached hydrogen (secondary N) is 3. The third-order valence-electron chi connectivity index (χ3n) is 3.33. The van der Waals surface area contributed by atoms with Crippen LogP contribution in [0, 0.1) is 6.92 Å². The van der Waals surface area contributed by atoms with Crippen LogP contribution in [0.2, 0.25) is 0 Å². The largest absolute Gasteiger partial charge is 0.484 e. The number of hydrogen-bond acceptors (Lipinski definition) is 4. The van der Waals surface area contributed by atoms with Gasteiger partial charge in [-0.05, 0) is 18.6 Å². The Kier molecular flexibility index (Phi) is 9.41. The van der Waals surface area contributed by atoms with Crippen molar-refractivity contribution in [1.82, 2.24) is 16.0 Å². The number of ether oxygens (including phenoxy) is 2. The number of methoxy groups -OCH3 is 1. The van der Waals surface area contributed by atoms with Crippen molar-refractivity contribution in [2.75, 3.05) is 40.5 Å². The summed E-state index contributed by atoms with van der Waals surface area (Å²) < 4.78 is 47.0. The molecule has 1 aromatic rings. The minimum atomic E-state index is -4.41. The standard InChI is InChI=1S/C17H25F3N4O3/c1-12-4-5-13(14(8-12)27-11-17(18,19)20)9-23-16(21-2)24-10-15(25)22-6-7-26-3/h4-5,8H,6-7,9-11H2,1-3H3,(H,22,25)(H2,21,23,24). The monoisotopic (exact) mass is 390 g/mol. The summed E-state index contributed by atoms with van der Waals surface area (Å²) in [5.74, 6) is 0.242. The number of hydrogen-bond donors (Lipinski definition) is 3. The normalized spacial score (nSPS) is 11.9. The van der Waals surface area contributed by atoms with Gasteiger partial charge in [-0.2, -0.15) is 13.2 Å². The zero-order valence-corrected chi connectivity index (χ0v) is 15.6. The number of carbonyl (C=O) groups is 1. The van der Waals surface area contributed by atoms with E-state index in [1.165, 1.54) is 14.2 Å². The van der Waals surface area contributed by atoms with Crippen molar-refractivity contribution in [2.24, 2.45) is 4.99 Å². The molecule has 0 aromatic heterocycles. The summed E-state index contributed by atoms with van der Waals surface area (Å²) in [4.78, 5) is 15.6. The molecule has 1 aromatic carbocycles. The number of alkyl halides is 3. The van der Waals surface area contributed by atoms with Crippen molar-refractivity contribution in [3.8, 4) is 5.75 Å². The zero-order chi connectivity index (χ0) is 20.3. The fraction of sp³-hybridized carbons (Fsp3) is 0.529. The van der Waals surface area contributed by atoms with Crippen molar-refractivity contribution < 1.29 is 27.4 Å². The Hall–Kier alpha value is -2.49. The van der Waals surface area contributed by atoms with E-state index in [0.29, 0.717) is 24.7 Å². The predicted octanol–water partition coefficient (Wildman–Crippen LogP) is 1.36. The Balaban J connectivity index is 2.58. The number of aryl methyl sites for hydroxylation is 1. The van der Waals surface area contributed by atoms with Crippen molar-refractivity contribution in [2.45, 2.75) is 19.6 Å². The molecule has 10 heteroatoms. The number of nitrogens with zero attached hydrogens (tertiary/aromatic N) is 1. The van der Waals surface area contributed by atoms with Gasteiger partial charge >= 0.3 is 6.18 Å². The van der Waals surface area contributed by atoms with E-state index >= 15 is 0 Å². The lowest BCUT2D eigenvalue weighted by atomic mass is 10.1. The first kappa shape index (κ1) is 22.6. The van der Waals surface area contributed by atoms with Gasteiger partial charge in [0, 0.05) is 32.8 Å². The van der Waals surface area contributed by atoms with Gasteiger partial charge in [-0.25, -0.2) is 0 Å². The first-order valence-electron chi connectivity index (χ1n) is 8.24. The Bertz CT molecular complexity index is 636. The average molecular weight is 390 g/mol. The highest BCUT2D eigenvalue weighted by atomic mass is 19.4. The molecule has 0 aliphatic carbocycles. The molecule has 0 spiro atoms. The maximum absolute atomic E-state index is 12.4. The summed E-state index contributed by atoms with van der Waals surface area (Å²) in [6.45, 7) is 1.38. The molecule has 0 aliphatic rings. The molecule has 1 amide bonds. The second-order valence-electron chi connectivity index (χ2n) is 5.64. The van der Waals surface area contributed by atoms with E-state index in [0.717, 1.165) is 5.56 Å². The van der Waals surface area contributed by atoms with Crippen LogP contribution in [0.1, 0.15) is 11.1 Å². The third kappa shape index (κ3) is 9.69. The fourth-order valence-electron chi connectivity index (χ4n) is 2.02. The van der Waals surface area contributed by atoms with Crippen LogP contribution in [0.4, 0.5) is 13.2 Å². The van der Waals surface area contributed by atoms with E-state index in [2.05, 4.69) is 20.9 Å². The van der Waals surface area contributed by atoms with Gasteiger partial charge < -0.3 is 25.4 Å². The topological polar surface area (TPSA) is 84.0 Å². The summed E-state index contributed by atoms with van der Waals surface area (Å²) in [5.41, 5.74) is 1.32. The lowest BCUT2D eigenvalue weighted by Gasteiger charge is -2.16. The molecule has 27 heavy (non-hydrogen) atoms. The molecule has 7 nitrogen and oxygen atoms in total. The number of carbonyl (C=O) groups excluding carboxylic acids is 1. The molecular formula is C17H25F3N4O3. The summed E-state index contributed by atoms with van der Waals surface area (Å²) in [7, 11) is 3.06. The van der Waals surface area contributed by atoms with E-state index in [1.54, 1.807) is 25.1 Å². The Morgan fingerprint density at radius 2 is 1.96 bits per heavy atom. The van der Waals surface area contributed by atoms with Crippen LogP contribution in [-0.2, 0) is 16.1 Å². The molecule has 0 fully saturated rings. The molecule has 0 atom stereocenters. The van der Waals surface area contributed by atoms with Crippen LogP contribution in [-0.4, -0.2) is 58.5 Å². The highest BCUT2D eigenvalue weighted by Crippen LogP contribution is 2.23. The van der Waals surface area contributed by atoms with E-state index < -0.39 is 12.8 Å². The third-order valence-corrected chi connectivity index (χ3v) is 3.33. The fourth-order valence-corrected chi connectivity index (χ4v) is 2.02. The van der Waals surface area contributed by atoms with E-state index in [4.69, 9.17) is 9.47 Å². The number of aliphatic imine (C=N–C) groups is 1. The van der Waals surface area contributed by atoms with Crippen LogP contribution in [0.15, 0.2) is 23.2 Å². The van der Waals surface area contributed by atoms with E-state index in [-0.39, 0.29) is 24.7 Å². The molecule has 0 saturated carbocycles. The van der Waals surface area contributed by atoms with Gasteiger partial charge in [0.2, 0.25) is 5.91 Å². The SMILES string of the molecule is CN=C(NCC(=O)NCCOC)NCc1ccc(C)cc1OCC(F)(F)F. The average Bonchev–Trinajstić information content (AvgIpc) is 2.61. The second kappa shape index (κ2) is 11.3. The van der Waals surface area contributed by atoms with Crippen LogP contribution < -0.4 is 20.7 Å². The quantitative estimate of drug-likeness (QED) is 0.337. The molecule has 0 aliphatic heterocycles. The van der Waals surface area contributed by atoms with Crippen LogP contribution in [0.5, 0.6) is 5.75 Å². The summed E-state index contributed by atoms with van der Waals surface area (Å²) in [6.07, 6.45) is -4.41. The molecule has 3 N–H and O–H groups in total. The number of amides is 1.